The van der Waals surface area contributed by atoms with Crippen LogP contribution in [0, 0.1) is 0 Å². The van der Waals surface area contributed by atoms with Gasteiger partial charge in [0.05, 0.1) is 12.7 Å². The lowest BCUT2D eigenvalue weighted by atomic mass is 10.2. The Morgan fingerprint density at radius 1 is 1.41 bits per heavy atom. The predicted octanol–water partition coefficient (Wildman–Crippen LogP) is 3.14. The third-order valence-electron chi connectivity index (χ3n) is 3.47. The Labute approximate surface area is 105 Å². The quantitative estimate of drug-likeness (QED) is 0.838. The first kappa shape index (κ1) is 14.3. The standard InChI is InChI=1S/C13H23NO2Si/c1-13(2,3)17(4,5)16-12(10-15)11-7-6-8-14-9-11/h6-9,12,15H,10H2,1-5H3/t12-/m0/s1. The van der Waals surface area contributed by atoms with Crippen molar-refractivity contribution in [3.8, 4) is 0 Å². The van der Waals surface area contributed by atoms with E-state index in [-0.39, 0.29) is 17.7 Å². The molecule has 17 heavy (non-hydrogen) atoms. The molecule has 1 rings (SSSR count). The zero-order chi connectivity index (χ0) is 13.1. The van der Waals surface area contributed by atoms with Crippen LogP contribution in [-0.2, 0) is 4.43 Å². The number of hydrogen-bond donors (Lipinski definition) is 1. The highest BCUT2D eigenvalue weighted by molar-refractivity contribution is 6.74. The fourth-order valence-corrected chi connectivity index (χ4v) is 2.59. The summed E-state index contributed by atoms with van der Waals surface area (Å²) >= 11 is 0. The van der Waals surface area contributed by atoms with Crippen LogP contribution < -0.4 is 0 Å². The number of rotatable bonds is 4. The first-order valence-corrected chi connectivity index (χ1v) is 8.87. The monoisotopic (exact) mass is 253 g/mol. The highest BCUT2D eigenvalue weighted by Gasteiger charge is 2.39. The van der Waals surface area contributed by atoms with Gasteiger partial charge in [0.1, 0.15) is 0 Å². The maximum atomic E-state index is 9.48. The van der Waals surface area contributed by atoms with Crippen molar-refractivity contribution >= 4 is 8.32 Å². The zero-order valence-corrected chi connectivity index (χ0v) is 12.4. The van der Waals surface area contributed by atoms with Gasteiger partial charge >= 0.3 is 0 Å². The van der Waals surface area contributed by atoms with E-state index in [9.17, 15) is 5.11 Å². The van der Waals surface area contributed by atoms with E-state index in [0.29, 0.717) is 0 Å². The van der Waals surface area contributed by atoms with Gasteiger partial charge in [0.15, 0.2) is 8.32 Å². The van der Waals surface area contributed by atoms with Crippen molar-refractivity contribution in [2.24, 2.45) is 0 Å². The summed E-state index contributed by atoms with van der Waals surface area (Å²) in [5.74, 6) is 0. The molecule has 3 nitrogen and oxygen atoms in total. The zero-order valence-electron chi connectivity index (χ0n) is 11.4. The number of aliphatic hydroxyl groups excluding tert-OH is 1. The molecule has 0 radical (unpaired) electrons. The molecule has 96 valence electrons. The summed E-state index contributed by atoms with van der Waals surface area (Å²) in [5.41, 5.74) is 0.944. The van der Waals surface area contributed by atoms with E-state index in [2.05, 4.69) is 38.8 Å². The normalized spacial score (nSPS) is 14.7. The smallest absolute Gasteiger partial charge is 0.193 e. The molecule has 0 spiro atoms. The van der Waals surface area contributed by atoms with Crippen LogP contribution in [0.2, 0.25) is 18.1 Å². The van der Waals surface area contributed by atoms with Crippen LogP contribution in [-0.4, -0.2) is 25.0 Å². The molecule has 0 aliphatic rings. The topological polar surface area (TPSA) is 42.4 Å². The molecule has 1 heterocycles. The van der Waals surface area contributed by atoms with Crippen molar-refractivity contribution in [3.63, 3.8) is 0 Å². The molecule has 0 amide bonds. The van der Waals surface area contributed by atoms with Gasteiger partial charge in [0.25, 0.3) is 0 Å². The largest absolute Gasteiger partial charge is 0.408 e. The van der Waals surface area contributed by atoms with Crippen molar-refractivity contribution in [2.45, 2.75) is 45.0 Å². The SMILES string of the molecule is CC(C)(C)[Si](C)(C)O[C@@H](CO)c1cccnc1. The van der Waals surface area contributed by atoms with Crippen molar-refractivity contribution < 1.29 is 9.53 Å². The first-order chi connectivity index (χ1) is 7.78. The Balaban J connectivity index is 2.85. The van der Waals surface area contributed by atoms with Crippen LogP contribution in [0.3, 0.4) is 0 Å². The summed E-state index contributed by atoms with van der Waals surface area (Å²) in [4.78, 5) is 4.07. The molecule has 0 fully saturated rings. The molecule has 0 bridgehead atoms. The molecule has 1 aromatic heterocycles. The highest BCUT2D eigenvalue weighted by atomic mass is 28.4. The second kappa shape index (κ2) is 5.29. The molecule has 0 aromatic carbocycles. The van der Waals surface area contributed by atoms with E-state index in [1.807, 2.05) is 12.1 Å². The molecule has 1 N–H and O–H groups in total. The van der Waals surface area contributed by atoms with Crippen LogP contribution in [0.4, 0.5) is 0 Å². The number of nitrogens with zero attached hydrogens (tertiary/aromatic N) is 1. The summed E-state index contributed by atoms with van der Waals surface area (Å²) in [7, 11) is -1.86. The Morgan fingerprint density at radius 3 is 2.47 bits per heavy atom. The third-order valence-corrected chi connectivity index (χ3v) is 7.95. The maximum absolute atomic E-state index is 9.48. The summed E-state index contributed by atoms with van der Waals surface area (Å²) in [6.07, 6.45) is 3.22. The Kier molecular flexibility index (Phi) is 4.46. The summed E-state index contributed by atoms with van der Waals surface area (Å²) in [6, 6.07) is 3.81. The van der Waals surface area contributed by atoms with Crippen LogP contribution >= 0.6 is 0 Å². The summed E-state index contributed by atoms with van der Waals surface area (Å²) in [5, 5.41) is 9.62. The van der Waals surface area contributed by atoms with Crippen LogP contribution in [0.25, 0.3) is 0 Å². The van der Waals surface area contributed by atoms with E-state index in [1.54, 1.807) is 12.4 Å². The van der Waals surface area contributed by atoms with Gasteiger partial charge in [-0.3, -0.25) is 4.98 Å². The minimum atomic E-state index is -1.86. The van der Waals surface area contributed by atoms with Crippen molar-refractivity contribution in [1.29, 1.82) is 0 Å². The van der Waals surface area contributed by atoms with E-state index >= 15 is 0 Å². The first-order valence-electron chi connectivity index (χ1n) is 5.96. The minimum absolute atomic E-state index is 0.00178. The molecule has 1 aromatic rings. The van der Waals surface area contributed by atoms with E-state index < -0.39 is 8.32 Å². The predicted molar refractivity (Wildman–Crippen MR) is 72.3 cm³/mol. The van der Waals surface area contributed by atoms with Gasteiger partial charge in [-0.1, -0.05) is 26.8 Å². The molecular formula is C13H23NO2Si. The number of pyridine rings is 1. The van der Waals surface area contributed by atoms with Crippen LogP contribution in [0.1, 0.15) is 32.4 Å². The average Bonchev–Trinajstić information content (AvgIpc) is 2.25. The van der Waals surface area contributed by atoms with Gasteiger partial charge in [-0.05, 0) is 24.2 Å². The molecule has 0 aliphatic carbocycles. The second-order valence-electron chi connectivity index (χ2n) is 5.84. The fraction of sp³-hybridized carbons (Fsp3) is 0.615. The highest BCUT2D eigenvalue weighted by Crippen LogP contribution is 2.39. The lowest BCUT2D eigenvalue weighted by Crippen LogP contribution is -2.42. The van der Waals surface area contributed by atoms with Crippen LogP contribution in [0.15, 0.2) is 24.5 Å². The molecule has 0 saturated heterocycles. The molecule has 4 heteroatoms. The summed E-state index contributed by atoms with van der Waals surface area (Å²) in [6.45, 7) is 10.9. The number of aliphatic hydroxyl groups is 1. The van der Waals surface area contributed by atoms with E-state index in [0.717, 1.165) is 5.56 Å². The Bertz CT molecular complexity index is 346. The van der Waals surface area contributed by atoms with Crippen molar-refractivity contribution in [2.75, 3.05) is 6.61 Å². The maximum Gasteiger partial charge on any atom is 0.193 e. The second-order valence-corrected chi connectivity index (χ2v) is 10.6. The van der Waals surface area contributed by atoms with Gasteiger partial charge in [0.2, 0.25) is 0 Å². The lowest BCUT2D eigenvalue weighted by molar-refractivity contribution is 0.103. The summed E-state index contributed by atoms with van der Waals surface area (Å²) < 4.78 is 6.19. The number of aromatic nitrogens is 1. The minimum Gasteiger partial charge on any atom is -0.408 e. The molecule has 0 saturated carbocycles. The van der Waals surface area contributed by atoms with E-state index in [1.165, 1.54) is 0 Å². The third kappa shape index (κ3) is 3.62. The fourth-order valence-electron chi connectivity index (χ4n) is 1.31. The average molecular weight is 253 g/mol. The van der Waals surface area contributed by atoms with Gasteiger partial charge < -0.3 is 9.53 Å². The van der Waals surface area contributed by atoms with Crippen molar-refractivity contribution in [1.82, 2.24) is 4.98 Å². The number of hydrogen-bond acceptors (Lipinski definition) is 3. The Morgan fingerprint density at radius 2 is 2.06 bits per heavy atom. The molecule has 0 aliphatic heterocycles. The van der Waals surface area contributed by atoms with Gasteiger partial charge in [-0.25, -0.2) is 0 Å². The molecule has 1 atom stereocenters. The lowest BCUT2D eigenvalue weighted by Gasteiger charge is -2.38. The van der Waals surface area contributed by atoms with Gasteiger partial charge in [0, 0.05) is 18.0 Å². The Hall–Kier alpha value is -0.713. The van der Waals surface area contributed by atoms with E-state index in [4.69, 9.17) is 4.43 Å². The molecule has 0 unspecified atom stereocenters. The van der Waals surface area contributed by atoms with Gasteiger partial charge in [-0.15, -0.1) is 0 Å². The van der Waals surface area contributed by atoms with Gasteiger partial charge in [-0.2, -0.15) is 0 Å². The van der Waals surface area contributed by atoms with Crippen molar-refractivity contribution in [3.05, 3.63) is 30.1 Å². The molecular weight excluding hydrogens is 230 g/mol. The van der Waals surface area contributed by atoms with Crippen LogP contribution in [0.5, 0.6) is 0 Å².